The fraction of sp³-hybridized carbons (Fsp3) is 0.200. The Bertz CT molecular complexity index is 233. The molecule has 0 spiro atoms. The predicted octanol–water partition coefficient (Wildman–Crippen LogP) is 2.33. The lowest BCUT2D eigenvalue weighted by atomic mass is 10.4. The van der Waals surface area contributed by atoms with Gasteiger partial charge in [-0.05, 0) is 12.1 Å². The molecular formula is C10H12OS. The number of benzene rings is 1. The van der Waals surface area contributed by atoms with Gasteiger partial charge in [0.25, 0.3) is 0 Å². The number of rotatable bonds is 4. The zero-order valence-corrected chi connectivity index (χ0v) is 7.63. The molecule has 0 saturated heterocycles. The van der Waals surface area contributed by atoms with Crippen LogP contribution in [0, 0.1) is 0 Å². The summed E-state index contributed by atoms with van der Waals surface area (Å²) in [5.41, 5.74) is 0. The molecule has 1 atom stereocenters. The second-order valence-electron chi connectivity index (χ2n) is 2.43. The normalized spacial score (nSPS) is 12.4. The fourth-order valence-electron chi connectivity index (χ4n) is 0.766. The van der Waals surface area contributed by atoms with Crippen molar-refractivity contribution >= 4 is 11.8 Å². The van der Waals surface area contributed by atoms with Crippen molar-refractivity contribution in [2.75, 3.05) is 5.75 Å². The molecule has 0 aliphatic carbocycles. The highest BCUT2D eigenvalue weighted by Gasteiger charge is 1.98. The molecule has 0 radical (unpaired) electrons. The molecule has 1 aromatic carbocycles. The van der Waals surface area contributed by atoms with E-state index in [0.29, 0.717) is 5.75 Å². The maximum Gasteiger partial charge on any atom is 0.0812 e. The van der Waals surface area contributed by atoms with Crippen LogP contribution in [0.15, 0.2) is 47.9 Å². The van der Waals surface area contributed by atoms with Crippen LogP contribution < -0.4 is 0 Å². The first-order valence-corrected chi connectivity index (χ1v) is 4.80. The van der Waals surface area contributed by atoms with Crippen molar-refractivity contribution in [3.05, 3.63) is 43.0 Å². The molecule has 0 saturated carbocycles. The highest BCUT2D eigenvalue weighted by molar-refractivity contribution is 7.99. The van der Waals surface area contributed by atoms with Gasteiger partial charge in [0.1, 0.15) is 0 Å². The van der Waals surface area contributed by atoms with Crippen molar-refractivity contribution in [2.45, 2.75) is 11.0 Å². The van der Waals surface area contributed by atoms with E-state index in [0.717, 1.165) is 0 Å². The monoisotopic (exact) mass is 180 g/mol. The molecule has 0 heterocycles. The van der Waals surface area contributed by atoms with Gasteiger partial charge in [0.05, 0.1) is 6.10 Å². The fourth-order valence-corrected chi connectivity index (χ4v) is 1.62. The summed E-state index contributed by atoms with van der Waals surface area (Å²) in [7, 11) is 0. The zero-order valence-electron chi connectivity index (χ0n) is 6.81. The van der Waals surface area contributed by atoms with Gasteiger partial charge in [-0.15, -0.1) is 18.3 Å². The van der Waals surface area contributed by atoms with Crippen molar-refractivity contribution < 1.29 is 5.11 Å². The molecule has 2 heteroatoms. The van der Waals surface area contributed by atoms with Crippen LogP contribution in [0.2, 0.25) is 0 Å². The Morgan fingerprint density at radius 1 is 1.42 bits per heavy atom. The van der Waals surface area contributed by atoms with Gasteiger partial charge in [-0.25, -0.2) is 0 Å². The second-order valence-corrected chi connectivity index (χ2v) is 3.52. The average Bonchev–Trinajstić information content (AvgIpc) is 2.16. The van der Waals surface area contributed by atoms with E-state index >= 15 is 0 Å². The average molecular weight is 180 g/mol. The summed E-state index contributed by atoms with van der Waals surface area (Å²) in [5.74, 6) is 0.674. The number of hydrogen-bond acceptors (Lipinski definition) is 2. The summed E-state index contributed by atoms with van der Waals surface area (Å²) in [4.78, 5) is 1.18. The number of thioether (sulfide) groups is 1. The molecule has 0 unspecified atom stereocenters. The van der Waals surface area contributed by atoms with Gasteiger partial charge < -0.3 is 5.11 Å². The van der Waals surface area contributed by atoms with Gasteiger partial charge in [0.15, 0.2) is 0 Å². The zero-order chi connectivity index (χ0) is 8.81. The molecule has 0 aliphatic rings. The van der Waals surface area contributed by atoms with E-state index in [-0.39, 0.29) is 0 Å². The first-order chi connectivity index (χ1) is 5.83. The van der Waals surface area contributed by atoms with Crippen LogP contribution >= 0.6 is 11.8 Å². The largest absolute Gasteiger partial charge is 0.388 e. The number of aliphatic hydroxyl groups excluding tert-OH is 1. The molecule has 0 aromatic heterocycles. The van der Waals surface area contributed by atoms with Crippen molar-refractivity contribution in [2.24, 2.45) is 0 Å². The van der Waals surface area contributed by atoms with Gasteiger partial charge in [-0.1, -0.05) is 24.3 Å². The molecule has 0 bridgehead atoms. The van der Waals surface area contributed by atoms with Gasteiger partial charge in [-0.3, -0.25) is 0 Å². The van der Waals surface area contributed by atoms with Crippen LogP contribution in [0.3, 0.4) is 0 Å². The first-order valence-electron chi connectivity index (χ1n) is 3.81. The minimum absolute atomic E-state index is 0.407. The van der Waals surface area contributed by atoms with E-state index in [2.05, 4.69) is 6.58 Å². The van der Waals surface area contributed by atoms with Crippen LogP contribution in [0.4, 0.5) is 0 Å². The summed E-state index contributed by atoms with van der Waals surface area (Å²) < 4.78 is 0. The lowest BCUT2D eigenvalue weighted by Crippen LogP contribution is -2.04. The van der Waals surface area contributed by atoms with E-state index < -0.39 is 6.10 Å². The van der Waals surface area contributed by atoms with Crippen LogP contribution in [-0.2, 0) is 0 Å². The Balaban J connectivity index is 2.38. The maximum absolute atomic E-state index is 9.18. The lowest BCUT2D eigenvalue weighted by molar-refractivity contribution is 0.249. The summed E-state index contributed by atoms with van der Waals surface area (Å²) >= 11 is 1.63. The third-order valence-electron chi connectivity index (χ3n) is 1.44. The standard InChI is InChI=1S/C10H12OS/c1-2-9(11)8-12-10-6-4-3-5-7-10/h2-7,9,11H,1,8H2/t9-/m0/s1. The molecular weight excluding hydrogens is 168 g/mol. The summed E-state index contributed by atoms with van der Waals surface area (Å²) in [5, 5.41) is 9.18. The number of aliphatic hydroxyl groups is 1. The molecule has 64 valence electrons. The van der Waals surface area contributed by atoms with Crippen molar-refractivity contribution in [1.82, 2.24) is 0 Å². The Morgan fingerprint density at radius 2 is 2.08 bits per heavy atom. The number of hydrogen-bond donors (Lipinski definition) is 1. The van der Waals surface area contributed by atoms with E-state index in [1.807, 2.05) is 30.3 Å². The van der Waals surface area contributed by atoms with Crippen LogP contribution in [0.1, 0.15) is 0 Å². The minimum atomic E-state index is -0.407. The van der Waals surface area contributed by atoms with E-state index in [9.17, 15) is 5.11 Å². The van der Waals surface area contributed by atoms with Gasteiger partial charge >= 0.3 is 0 Å². The van der Waals surface area contributed by atoms with Crippen LogP contribution in [0.25, 0.3) is 0 Å². The summed E-state index contributed by atoms with van der Waals surface area (Å²) in [6, 6.07) is 10.0. The predicted molar refractivity (Wildman–Crippen MR) is 53.4 cm³/mol. The topological polar surface area (TPSA) is 20.2 Å². The first kappa shape index (κ1) is 9.36. The molecule has 1 nitrogen and oxygen atoms in total. The lowest BCUT2D eigenvalue weighted by Gasteiger charge is -2.03. The van der Waals surface area contributed by atoms with E-state index in [1.165, 1.54) is 4.90 Å². The molecule has 1 N–H and O–H groups in total. The molecule has 0 fully saturated rings. The Labute approximate surface area is 77.1 Å². The molecule has 1 aromatic rings. The Morgan fingerprint density at radius 3 is 2.67 bits per heavy atom. The summed E-state index contributed by atoms with van der Waals surface area (Å²) in [6.45, 7) is 3.51. The van der Waals surface area contributed by atoms with Crippen molar-refractivity contribution in [1.29, 1.82) is 0 Å². The SMILES string of the molecule is C=C[C@H](O)CSc1ccccc1. The highest BCUT2D eigenvalue weighted by Crippen LogP contribution is 2.17. The van der Waals surface area contributed by atoms with Crippen molar-refractivity contribution in [3.63, 3.8) is 0 Å². The second kappa shape index (κ2) is 5.01. The molecule has 1 rings (SSSR count). The van der Waals surface area contributed by atoms with Gasteiger partial charge in [0, 0.05) is 10.6 Å². The molecule has 12 heavy (non-hydrogen) atoms. The summed E-state index contributed by atoms with van der Waals surface area (Å²) in [6.07, 6.45) is 1.14. The maximum atomic E-state index is 9.18. The minimum Gasteiger partial charge on any atom is -0.388 e. The van der Waals surface area contributed by atoms with Crippen LogP contribution in [-0.4, -0.2) is 17.0 Å². The Kier molecular flexibility index (Phi) is 3.91. The van der Waals surface area contributed by atoms with Gasteiger partial charge in [0.2, 0.25) is 0 Å². The van der Waals surface area contributed by atoms with Gasteiger partial charge in [-0.2, -0.15) is 0 Å². The Hall–Kier alpha value is -0.730. The smallest absolute Gasteiger partial charge is 0.0812 e. The third kappa shape index (κ3) is 3.11. The molecule has 0 aliphatic heterocycles. The quantitative estimate of drug-likeness (QED) is 0.567. The highest BCUT2D eigenvalue weighted by atomic mass is 32.2. The van der Waals surface area contributed by atoms with E-state index in [1.54, 1.807) is 17.8 Å². The molecule has 0 amide bonds. The van der Waals surface area contributed by atoms with Crippen LogP contribution in [0.5, 0.6) is 0 Å². The van der Waals surface area contributed by atoms with E-state index in [4.69, 9.17) is 0 Å². The van der Waals surface area contributed by atoms with Crippen molar-refractivity contribution in [3.8, 4) is 0 Å². The third-order valence-corrected chi connectivity index (χ3v) is 2.55.